The average molecular weight is 275 g/mol. The summed E-state index contributed by atoms with van der Waals surface area (Å²) in [5, 5.41) is 12.0. The number of aliphatic hydroxyl groups excluding tert-OH is 1. The average Bonchev–Trinajstić information content (AvgIpc) is 2.48. The van der Waals surface area contributed by atoms with E-state index in [1.165, 1.54) is 38.5 Å². The van der Waals surface area contributed by atoms with Crippen LogP contribution in [0.3, 0.4) is 0 Å². The van der Waals surface area contributed by atoms with Gasteiger partial charge < -0.3 is 10.4 Å². The van der Waals surface area contributed by atoms with E-state index >= 15 is 0 Å². The Balaban J connectivity index is 1.69. The number of aliphatic hydroxyl groups is 1. The van der Waals surface area contributed by atoms with Gasteiger partial charge in [-0.25, -0.2) is 0 Å². The van der Waals surface area contributed by atoms with Gasteiger partial charge in [-0.2, -0.15) is 0 Å². The molecule has 2 N–H and O–H groups in total. The molecule has 0 saturated heterocycles. The van der Waals surface area contributed by atoms with Crippen molar-refractivity contribution in [1.29, 1.82) is 0 Å². The van der Waals surface area contributed by atoms with Gasteiger partial charge in [-0.1, -0.05) is 44.2 Å². The topological polar surface area (TPSA) is 49.3 Å². The van der Waals surface area contributed by atoms with E-state index in [0.717, 1.165) is 23.6 Å². The first kappa shape index (κ1) is 15.0. The molecule has 1 aliphatic rings. The van der Waals surface area contributed by atoms with E-state index < -0.39 is 0 Å². The van der Waals surface area contributed by atoms with Gasteiger partial charge in [0.2, 0.25) is 5.91 Å². The minimum absolute atomic E-state index is 0.00535. The number of benzene rings is 1. The Morgan fingerprint density at radius 3 is 2.80 bits per heavy atom. The SMILES string of the molecule is O=C(CCCC1CCCCC1)Nc1cccc(CO)c1. The fraction of sp³-hybridized carbons (Fsp3) is 0.588. The van der Waals surface area contributed by atoms with Crippen LogP contribution in [0.15, 0.2) is 24.3 Å². The van der Waals surface area contributed by atoms with Crippen molar-refractivity contribution in [2.45, 2.75) is 58.0 Å². The van der Waals surface area contributed by atoms with Gasteiger partial charge in [-0.05, 0) is 36.5 Å². The summed E-state index contributed by atoms with van der Waals surface area (Å²) < 4.78 is 0. The number of rotatable bonds is 6. The van der Waals surface area contributed by atoms with Crippen molar-refractivity contribution in [3.05, 3.63) is 29.8 Å². The Labute approximate surface area is 121 Å². The van der Waals surface area contributed by atoms with Crippen LogP contribution in [-0.4, -0.2) is 11.0 Å². The Hall–Kier alpha value is -1.35. The molecule has 0 bridgehead atoms. The van der Waals surface area contributed by atoms with Crippen LogP contribution in [0.5, 0.6) is 0 Å². The molecule has 1 fully saturated rings. The van der Waals surface area contributed by atoms with E-state index in [4.69, 9.17) is 5.11 Å². The van der Waals surface area contributed by atoms with Gasteiger partial charge in [0.05, 0.1) is 6.61 Å². The number of amides is 1. The number of nitrogens with one attached hydrogen (secondary N) is 1. The second-order valence-electron chi connectivity index (χ2n) is 5.80. The van der Waals surface area contributed by atoms with Crippen molar-refractivity contribution in [3.8, 4) is 0 Å². The molecule has 1 saturated carbocycles. The molecule has 0 aliphatic heterocycles. The molecule has 0 radical (unpaired) electrons. The van der Waals surface area contributed by atoms with Crippen molar-refractivity contribution in [1.82, 2.24) is 0 Å². The molecule has 110 valence electrons. The van der Waals surface area contributed by atoms with Gasteiger partial charge in [0.25, 0.3) is 0 Å². The molecular formula is C17H25NO2. The maximum atomic E-state index is 11.9. The normalized spacial score (nSPS) is 16.1. The summed E-state index contributed by atoms with van der Waals surface area (Å²) in [5.74, 6) is 0.921. The second kappa shape index (κ2) is 8.05. The maximum Gasteiger partial charge on any atom is 0.224 e. The smallest absolute Gasteiger partial charge is 0.224 e. The number of carbonyl (C=O) groups is 1. The van der Waals surface area contributed by atoms with Crippen LogP contribution in [0.2, 0.25) is 0 Å². The number of carbonyl (C=O) groups excluding carboxylic acids is 1. The highest BCUT2D eigenvalue weighted by Gasteiger charge is 2.13. The number of hydrogen-bond acceptors (Lipinski definition) is 2. The second-order valence-corrected chi connectivity index (χ2v) is 5.80. The monoisotopic (exact) mass is 275 g/mol. The molecule has 2 rings (SSSR count). The molecule has 0 atom stereocenters. The Kier molecular flexibility index (Phi) is 6.06. The van der Waals surface area contributed by atoms with Crippen molar-refractivity contribution < 1.29 is 9.90 Å². The maximum absolute atomic E-state index is 11.9. The van der Waals surface area contributed by atoms with Crippen LogP contribution in [0.25, 0.3) is 0 Å². The highest BCUT2D eigenvalue weighted by Crippen LogP contribution is 2.27. The van der Waals surface area contributed by atoms with E-state index in [-0.39, 0.29) is 12.5 Å². The molecule has 20 heavy (non-hydrogen) atoms. The fourth-order valence-electron chi connectivity index (χ4n) is 3.00. The Bertz CT molecular complexity index is 425. The van der Waals surface area contributed by atoms with Gasteiger partial charge in [-0.15, -0.1) is 0 Å². The van der Waals surface area contributed by atoms with Crippen molar-refractivity contribution in [2.75, 3.05) is 5.32 Å². The summed E-state index contributed by atoms with van der Waals surface area (Å²) in [4.78, 5) is 11.9. The molecule has 0 unspecified atom stereocenters. The van der Waals surface area contributed by atoms with Crippen LogP contribution >= 0.6 is 0 Å². The molecule has 0 spiro atoms. The lowest BCUT2D eigenvalue weighted by Crippen LogP contribution is -2.13. The summed E-state index contributed by atoms with van der Waals surface area (Å²) in [5.41, 5.74) is 1.60. The Morgan fingerprint density at radius 1 is 1.25 bits per heavy atom. The van der Waals surface area contributed by atoms with Gasteiger partial charge in [0.15, 0.2) is 0 Å². The summed E-state index contributed by atoms with van der Waals surface area (Å²) in [6.07, 6.45) is 9.58. The van der Waals surface area contributed by atoms with E-state index in [2.05, 4.69) is 5.32 Å². The van der Waals surface area contributed by atoms with E-state index in [1.54, 1.807) is 0 Å². The van der Waals surface area contributed by atoms with Crippen LogP contribution in [-0.2, 0) is 11.4 Å². The van der Waals surface area contributed by atoms with Crippen molar-refractivity contribution in [2.24, 2.45) is 5.92 Å². The molecule has 1 aliphatic carbocycles. The fourth-order valence-corrected chi connectivity index (χ4v) is 3.00. The summed E-state index contributed by atoms with van der Waals surface area (Å²) in [6, 6.07) is 7.37. The molecule has 3 nitrogen and oxygen atoms in total. The molecular weight excluding hydrogens is 250 g/mol. The van der Waals surface area contributed by atoms with Crippen LogP contribution in [0, 0.1) is 5.92 Å². The third kappa shape index (κ3) is 4.97. The van der Waals surface area contributed by atoms with Crippen LogP contribution < -0.4 is 5.32 Å². The van der Waals surface area contributed by atoms with Gasteiger partial charge >= 0.3 is 0 Å². The predicted molar refractivity (Wildman–Crippen MR) is 81.4 cm³/mol. The largest absolute Gasteiger partial charge is 0.392 e. The third-order valence-electron chi connectivity index (χ3n) is 4.13. The highest BCUT2D eigenvalue weighted by atomic mass is 16.3. The minimum atomic E-state index is 0.00535. The Morgan fingerprint density at radius 2 is 2.05 bits per heavy atom. The first-order valence-electron chi connectivity index (χ1n) is 7.77. The minimum Gasteiger partial charge on any atom is -0.392 e. The quantitative estimate of drug-likeness (QED) is 0.828. The van der Waals surface area contributed by atoms with Gasteiger partial charge in [0, 0.05) is 12.1 Å². The van der Waals surface area contributed by atoms with E-state index in [1.807, 2.05) is 24.3 Å². The summed E-state index contributed by atoms with van der Waals surface area (Å²) in [7, 11) is 0. The van der Waals surface area contributed by atoms with Crippen molar-refractivity contribution in [3.63, 3.8) is 0 Å². The highest BCUT2D eigenvalue weighted by molar-refractivity contribution is 5.90. The van der Waals surface area contributed by atoms with Crippen LogP contribution in [0.1, 0.15) is 56.9 Å². The van der Waals surface area contributed by atoms with Gasteiger partial charge in [0.1, 0.15) is 0 Å². The molecule has 0 aromatic heterocycles. The van der Waals surface area contributed by atoms with E-state index in [9.17, 15) is 4.79 Å². The molecule has 3 heteroatoms. The summed E-state index contributed by atoms with van der Waals surface area (Å²) >= 11 is 0. The zero-order valence-corrected chi connectivity index (χ0v) is 12.1. The number of anilines is 1. The van der Waals surface area contributed by atoms with Crippen molar-refractivity contribution >= 4 is 11.6 Å². The van der Waals surface area contributed by atoms with Crippen LogP contribution in [0.4, 0.5) is 5.69 Å². The zero-order valence-electron chi connectivity index (χ0n) is 12.1. The summed E-state index contributed by atoms with van der Waals surface area (Å²) in [6.45, 7) is 0.00535. The lowest BCUT2D eigenvalue weighted by Gasteiger charge is -2.21. The first-order valence-corrected chi connectivity index (χ1v) is 7.77. The first-order chi connectivity index (χ1) is 9.78. The lowest BCUT2D eigenvalue weighted by atomic mass is 9.86. The lowest BCUT2D eigenvalue weighted by molar-refractivity contribution is -0.116. The molecule has 1 aromatic rings. The standard InChI is InChI=1S/C17H25NO2/c19-13-15-9-4-10-16(12-15)18-17(20)11-5-8-14-6-2-1-3-7-14/h4,9-10,12,14,19H,1-3,5-8,11,13H2,(H,18,20). The zero-order chi connectivity index (χ0) is 14.2. The molecule has 0 heterocycles. The van der Waals surface area contributed by atoms with Gasteiger partial charge in [-0.3, -0.25) is 4.79 Å². The molecule has 1 aromatic carbocycles. The molecule has 1 amide bonds. The predicted octanol–water partition coefficient (Wildman–Crippen LogP) is 3.87. The third-order valence-corrected chi connectivity index (χ3v) is 4.13. The number of hydrogen-bond donors (Lipinski definition) is 2. The van der Waals surface area contributed by atoms with E-state index in [0.29, 0.717) is 6.42 Å².